The molecule has 0 bridgehead atoms. The van der Waals surface area contributed by atoms with E-state index in [9.17, 15) is 13.6 Å². The number of carbonyl (C=O) groups excluding carboxylic acids is 1. The zero-order valence-electron chi connectivity index (χ0n) is 13.3. The first-order valence-corrected chi connectivity index (χ1v) is 8.26. The van der Waals surface area contributed by atoms with Crippen molar-refractivity contribution in [2.75, 3.05) is 19.7 Å². The van der Waals surface area contributed by atoms with Crippen molar-refractivity contribution in [1.82, 2.24) is 4.90 Å². The van der Waals surface area contributed by atoms with Gasteiger partial charge >= 0.3 is 0 Å². The molecule has 0 aromatic heterocycles. The molecule has 3 nitrogen and oxygen atoms in total. The molecule has 1 saturated carbocycles. The molecule has 1 amide bonds. The standard InChI is InChI=1S/C19H19F2NO2/c20-19(21)13-18(19)7-9-22(10-8-18)17(23)12-24-16-6-5-14-3-1-2-4-15(14)11-16/h1-6,11H,7-10,12-13H2. The lowest BCUT2D eigenvalue weighted by molar-refractivity contribution is -0.135. The highest BCUT2D eigenvalue weighted by atomic mass is 19.3. The smallest absolute Gasteiger partial charge is 0.260 e. The number of alkyl halides is 2. The molecule has 1 heterocycles. The molecule has 0 N–H and O–H groups in total. The molecule has 0 atom stereocenters. The molecule has 2 aromatic rings. The molecular weight excluding hydrogens is 312 g/mol. The Balaban J connectivity index is 1.33. The lowest BCUT2D eigenvalue weighted by Gasteiger charge is -2.32. The zero-order valence-corrected chi connectivity index (χ0v) is 13.3. The number of halogens is 2. The van der Waals surface area contributed by atoms with Gasteiger partial charge in [0.05, 0.1) is 0 Å². The van der Waals surface area contributed by atoms with E-state index in [2.05, 4.69) is 0 Å². The monoisotopic (exact) mass is 331 g/mol. The third-order valence-electron chi connectivity index (χ3n) is 5.37. The lowest BCUT2D eigenvalue weighted by Crippen LogP contribution is -2.42. The fourth-order valence-corrected chi connectivity index (χ4v) is 3.60. The summed E-state index contributed by atoms with van der Waals surface area (Å²) in [4.78, 5) is 13.9. The normalized spacial score (nSPS) is 21.0. The van der Waals surface area contributed by atoms with E-state index in [1.807, 2.05) is 42.5 Å². The predicted molar refractivity (Wildman–Crippen MR) is 87.3 cm³/mol. The number of amides is 1. The van der Waals surface area contributed by atoms with Crippen LogP contribution in [0.15, 0.2) is 42.5 Å². The number of nitrogens with zero attached hydrogens (tertiary/aromatic N) is 1. The Morgan fingerprint density at radius 2 is 1.75 bits per heavy atom. The van der Waals surface area contributed by atoms with Crippen LogP contribution in [0.2, 0.25) is 0 Å². The fourth-order valence-electron chi connectivity index (χ4n) is 3.60. The van der Waals surface area contributed by atoms with E-state index in [1.54, 1.807) is 4.90 Å². The van der Waals surface area contributed by atoms with E-state index in [4.69, 9.17) is 4.74 Å². The van der Waals surface area contributed by atoms with Gasteiger partial charge in [-0.25, -0.2) is 8.78 Å². The van der Waals surface area contributed by atoms with Crippen LogP contribution in [-0.4, -0.2) is 36.4 Å². The first-order valence-electron chi connectivity index (χ1n) is 8.26. The van der Waals surface area contributed by atoms with E-state index in [-0.39, 0.29) is 18.9 Å². The summed E-state index contributed by atoms with van der Waals surface area (Å²) in [6.07, 6.45) is 0.763. The number of ether oxygens (including phenoxy) is 1. The Hall–Kier alpha value is -2.17. The molecule has 2 aromatic carbocycles. The molecule has 1 aliphatic heterocycles. The number of rotatable bonds is 3. The van der Waals surface area contributed by atoms with Gasteiger partial charge in [0.2, 0.25) is 0 Å². The number of benzene rings is 2. The molecule has 5 heteroatoms. The minimum absolute atomic E-state index is 0.0182. The third kappa shape index (κ3) is 2.62. The van der Waals surface area contributed by atoms with Gasteiger partial charge in [0, 0.05) is 24.9 Å². The van der Waals surface area contributed by atoms with E-state index in [1.165, 1.54) is 0 Å². The van der Waals surface area contributed by atoms with Gasteiger partial charge in [-0.3, -0.25) is 4.79 Å². The Bertz CT molecular complexity index is 782. The summed E-state index contributed by atoms with van der Waals surface area (Å²) in [7, 11) is 0. The van der Waals surface area contributed by atoms with Crippen LogP contribution >= 0.6 is 0 Å². The minimum atomic E-state index is -2.52. The van der Waals surface area contributed by atoms with Crippen LogP contribution in [0.25, 0.3) is 10.8 Å². The zero-order chi connectivity index (χ0) is 16.8. The molecule has 4 rings (SSSR count). The maximum atomic E-state index is 13.4. The second-order valence-corrected chi connectivity index (χ2v) is 6.84. The quantitative estimate of drug-likeness (QED) is 0.854. The highest BCUT2D eigenvalue weighted by Gasteiger charge is 2.70. The first kappa shape index (κ1) is 15.4. The molecule has 2 fully saturated rings. The van der Waals surface area contributed by atoms with Crippen molar-refractivity contribution in [3.8, 4) is 5.75 Å². The summed E-state index contributed by atoms with van der Waals surface area (Å²) in [5.74, 6) is -2.02. The number of carbonyl (C=O) groups is 1. The number of hydrogen-bond acceptors (Lipinski definition) is 2. The molecule has 24 heavy (non-hydrogen) atoms. The van der Waals surface area contributed by atoms with E-state index < -0.39 is 11.3 Å². The van der Waals surface area contributed by atoms with Gasteiger partial charge in [-0.15, -0.1) is 0 Å². The molecule has 0 unspecified atom stereocenters. The Labute approximate surface area is 139 Å². The Morgan fingerprint density at radius 3 is 2.42 bits per heavy atom. The molecule has 1 spiro atoms. The number of hydrogen-bond donors (Lipinski definition) is 0. The van der Waals surface area contributed by atoms with Gasteiger partial charge in [-0.2, -0.15) is 0 Å². The molecule has 2 aliphatic rings. The van der Waals surface area contributed by atoms with E-state index >= 15 is 0 Å². The molecule has 126 valence electrons. The van der Waals surface area contributed by atoms with Crippen molar-refractivity contribution in [3.05, 3.63) is 42.5 Å². The van der Waals surface area contributed by atoms with Crippen LogP contribution in [0.3, 0.4) is 0 Å². The predicted octanol–water partition coefficient (Wildman–Crippen LogP) is 3.87. The van der Waals surface area contributed by atoms with Crippen LogP contribution in [0, 0.1) is 5.41 Å². The van der Waals surface area contributed by atoms with Crippen molar-refractivity contribution in [2.45, 2.75) is 25.2 Å². The van der Waals surface area contributed by atoms with Crippen molar-refractivity contribution in [3.63, 3.8) is 0 Å². The van der Waals surface area contributed by atoms with Gasteiger partial charge in [0.15, 0.2) is 6.61 Å². The summed E-state index contributed by atoms with van der Waals surface area (Å²) in [6, 6.07) is 13.6. The van der Waals surface area contributed by atoms with Crippen molar-refractivity contribution in [1.29, 1.82) is 0 Å². The highest BCUT2D eigenvalue weighted by Crippen LogP contribution is 2.65. The average Bonchev–Trinajstić information content (AvgIpc) is 3.12. The summed E-state index contributed by atoms with van der Waals surface area (Å²) in [5, 5.41) is 2.17. The molecular formula is C19H19F2NO2. The van der Waals surface area contributed by atoms with E-state index in [0.717, 1.165) is 10.8 Å². The van der Waals surface area contributed by atoms with Crippen LogP contribution in [0.5, 0.6) is 5.75 Å². The first-order chi connectivity index (χ1) is 11.5. The van der Waals surface area contributed by atoms with Crippen molar-refractivity contribution >= 4 is 16.7 Å². The molecule has 1 aliphatic carbocycles. The number of likely N-dealkylation sites (tertiary alicyclic amines) is 1. The SMILES string of the molecule is O=C(COc1ccc2ccccc2c1)N1CCC2(CC1)CC2(F)F. The largest absolute Gasteiger partial charge is 0.484 e. The summed E-state index contributed by atoms with van der Waals surface area (Å²) in [5.41, 5.74) is -0.830. The second kappa shape index (κ2) is 5.43. The number of piperidine rings is 1. The Kier molecular flexibility index (Phi) is 3.48. The minimum Gasteiger partial charge on any atom is -0.484 e. The topological polar surface area (TPSA) is 29.5 Å². The van der Waals surface area contributed by atoms with Crippen LogP contribution in [-0.2, 0) is 4.79 Å². The van der Waals surface area contributed by atoms with Crippen LogP contribution in [0.4, 0.5) is 8.78 Å². The Morgan fingerprint density at radius 1 is 1.08 bits per heavy atom. The second-order valence-electron chi connectivity index (χ2n) is 6.84. The lowest BCUT2D eigenvalue weighted by atomic mass is 9.93. The highest BCUT2D eigenvalue weighted by molar-refractivity contribution is 5.84. The maximum absolute atomic E-state index is 13.4. The van der Waals surface area contributed by atoms with Gasteiger partial charge in [0.1, 0.15) is 5.75 Å². The molecule has 1 saturated heterocycles. The van der Waals surface area contributed by atoms with Crippen molar-refractivity contribution < 1.29 is 18.3 Å². The summed E-state index contributed by atoms with van der Waals surface area (Å²) in [6.45, 7) is 0.743. The summed E-state index contributed by atoms with van der Waals surface area (Å²) < 4.78 is 32.3. The maximum Gasteiger partial charge on any atom is 0.260 e. The summed E-state index contributed by atoms with van der Waals surface area (Å²) >= 11 is 0. The van der Waals surface area contributed by atoms with E-state index in [0.29, 0.717) is 31.7 Å². The fraction of sp³-hybridized carbons (Fsp3) is 0.421. The van der Waals surface area contributed by atoms with Gasteiger partial charge < -0.3 is 9.64 Å². The molecule has 0 radical (unpaired) electrons. The van der Waals surface area contributed by atoms with Crippen LogP contribution < -0.4 is 4.74 Å². The number of fused-ring (bicyclic) bond motifs is 1. The average molecular weight is 331 g/mol. The van der Waals surface area contributed by atoms with Gasteiger partial charge in [-0.05, 0) is 35.7 Å². The third-order valence-corrected chi connectivity index (χ3v) is 5.37. The van der Waals surface area contributed by atoms with Gasteiger partial charge in [-0.1, -0.05) is 30.3 Å². The van der Waals surface area contributed by atoms with Crippen molar-refractivity contribution in [2.24, 2.45) is 5.41 Å². The van der Waals surface area contributed by atoms with Crippen LogP contribution in [0.1, 0.15) is 19.3 Å². The van der Waals surface area contributed by atoms with Gasteiger partial charge in [0.25, 0.3) is 11.8 Å².